The van der Waals surface area contributed by atoms with Crippen LogP contribution in [0.4, 0.5) is 13.2 Å². The maximum absolute atomic E-state index is 13.1. The van der Waals surface area contributed by atoms with Gasteiger partial charge < -0.3 is 10.1 Å². The molecule has 94 valence electrons. The molecule has 2 rings (SSSR count). The van der Waals surface area contributed by atoms with Gasteiger partial charge in [-0.25, -0.2) is 0 Å². The summed E-state index contributed by atoms with van der Waals surface area (Å²) in [6.07, 6.45) is -3.90. The molecule has 1 aliphatic heterocycles. The SMILES string of the molecule is FC(F)(F)C1(Oc2ccccc2)CCCNC1. The van der Waals surface area contributed by atoms with E-state index in [0.717, 1.165) is 0 Å². The topological polar surface area (TPSA) is 21.3 Å². The fourth-order valence-corrected chi connectivity index (χ4v) is 1.98. The molecule has 0 saturated carbocycles. The second-order valence-corrected chi connectivity index (χ2v) is 4.19. The monoisotopic (exact) mass is 245 g/mol. The van der Waals surface area contributed by atoms with Crippen LogP contribution in [0, 0.1) is 0 Å². The number of para-hydroxylation sites is 1. The third-order valence-electron chi connectivity index (χ3n) is 2.92. The van der Waals surface area contributed by atoms with Crippen LogP contribution in [-0.2, 0) is 0 Å². The van der Waals surface area contributed by atoms with E-state index in [1.165, 1.54) is 0 Å². The number of piperidine rings is 1. The zero-order valence-electron chi connectivity index (χ0n) is 9.26. The van der Waals surface area contributed by atoms with Crippen LogP contribution in [0.5, 0.6) is 5.75 Å². The van der Waals surface area contributed by atoms with Gasteiger partial charge in [-0.05, 0) is 31.5 Å². The molecule has 1 heterocycles. The van der Waals surface area contributed by atoms with Crippen molar-refractivity contribution in [3.05, 3.63) is 30.3 Å². The van der Waals surface area contributed by atoms with Gasteiger partial charge in [0.2, 0.25) is 5.60 Å². The van der Waals surface area contributed by atoms with Gasteiger partial charge in [0.05, 0.1) is 0 Å². The van der Waals surface area contributed by atoms with E-state index in [2.05, 4.69) is 5.32 Å². The number of hydrogen-bond donors (Lipinski definition) is 1. The van der Waals surface area contributed by atoms with Crippen LogP contribution in [0.15, 0.2) is 30.3 Å². The summed E-state index contributed by atoms with van der Waals surface area (Å²) in [7, 11) is 0. The van der Waals surface area contributed by atoms with E-state index < -0.39 is 11.8 Å². The maximum atomic E-state index is 13.1. The highest BCUT2D eigenvalue weighted by Crippen LogP contribution is 2.39. The Morgan fingerprint density at radius 3 is 2.41 bits per heavy atom. The molecule has 1 atom stereocenters. The minimum absolute atomic E-state index is 0.00159. The van der Waals surface area contributed by atoms with Gasteiger partial charge in [0.1, 0.15) is 5.75 Å². The molecule has 0 radical (unpaired) electrons. The van der Waals surface area contributed by atoms with E-state index in [1.807, 2.05) is 0 Å². The third kappa shape index (κ3) is 2.54. The van der Waals surface area contributed by atoms with Crippen molar-refractivity contribution in [3.8, 4) is 5.75 Å². The van der Waals surface area contributed by atoms with Gasteiger partial charge in [-0.3, -0.25) is 0 Å². The van der Waals surface area contributed by atoms with Gasteiger partial charge >= 0.3 is 6.18 Å². The average molecular weight is 245 g/mol. The largest absolute Gasteiger partial charge is 0.476 e. The molecule has 17 heavy (non-hydrogen) atoms. The van der Waals surface area contributed by atoms with Crippen LogP contribution >= 0.6 is 0 Å². The molecule has 2 nitrogen and oxygen atoms in total. The first-order valence-corrected chi connectivity index (χ1v) is 5.55. The summed E-state index contributed by atoms with van der Waals surface area (Å²) in [6.45, 7) is 0.418. The maximum Gasteiger partial charge on any atom is 0.429 e. The molecular weight excluding hydrogens is 231 g/mol. The normalized spacial score (nSPS) is 25.6. The van der Waals surface area contributed by atoms with Crippen LogP contribution in [-0.4, -0.2) is 24.9 Å². The molecular formula is C12H14F3NO. The molecule has 1 N–H and O–H groups in total. The van der Waals surface area contributed by atoms with Crippen molar-refractivity contribution in [2.75, 3.05) is 13.1 Å². The van der Waals surface area contributed by atoms with Gasteiger partial charge in [0, 0.05) is 6.54 Å². The number of ether oxygens (including phenoxy) is 1. The minimum atomic E-state index is -4.36. The van der Waals surface area contributed by atoms with Gasteiger partial charge in [-0.2, -0.15) is 13.2 Å². The van der Waals surface area contributed by atoms with Crippen LogP contribution in [0.2, 0.25) is 0 Å². The Labute approximate surface area is 97.8 Å². The molecule has 1 aromatic rings. The molecule has 0 amide bonds. The molecule has 1 fully saturated rings. The second kappa shape index (κ2) is 4.56. The molecule has 1 saturated heterocycles. The van der Waals surface area contributed by atoms with Crippen molar-refractivity contribution < 1.29 is 17.9 Å². The summed E-state index contributed by atoms with van der Waals surface area (Å²) in [4.78, 5) is 0. The summed E-state index contributed by atoms with van der Waals surface area (Å²) in [5, 5.41) is 2.76. The number of benzene rings is 1. The Morgan fingerprint density at radius 1 is 1.18 bits per heavy atom. The van der Waals surface area contributed by atoms with E-state index in [1.54, 1.807) is 30.3 Å². The van der Waals surface area contributed by atoms with E-state index >= 15 is 0 Å². The Kier molecular flexibility index (Phi) is 3.28. The van der Waals surface area contributed by atoms with E-state index in [4.69, 9.17) is 4.74 Å². The van der Waals surface area contributed by atoms with Crippen molar-refractivity contribution in [2.45, 2.75) is 24.6 Å². The van der Waals surface area contributed by atoms with E-state index in [-0.39, 0.29) is 18.7 Å². The third-order valence-corrected chi connectivity index (χ3v) is 2.92. The first kappa shape index (κ1) is 12.2. The lowest BCUT2D eigenvalue weighted by molar-refractivity contribution is -0.252. The van der Waals surface area contributed by atoms with Crippen molar-refractivity contribution in [2.24, 2.45) is 0 Å². The quantitative estimate of drug-likeness (QED) is 0.865. The highest BCUT2D eigenvalue weighted by atomic mass is 19.4. The summed E-state index contributed by atoms with van der Waals surface area (Å²) in [5.41, 5.74) is -2.09. The summed E-state index contributed by atoms with van der Waals surface area (Å²) >= 11 is 0. The second-order valence-electron chi connectivity index (χ2n) is 4.19. The van der Waals surface area contributed by atoms with E-state index in [0.29, 0.717) is 13.0 Å². The van der Waals surface area contributed by atoms with Crippen LogP contribution in [0.3, 0.4) is 0 Å². The zero-order valence-corrected chi connectivity index (χ0v) is 9.26. The Hall–Kier alpha value is -1.23. The van der Waals surface area contributed by atoms with Crippen LogP contribution in [0.25, 0.3) is 0 Å². The van der Waals surface area contributed by atoms with Crippen LogP contribution < -0.4 is 10.1 Å². The number of nitrogens with one attached hydrogen (secondary N) is 1. The van der Waals surface area contributed by atoms with Crippen molar-refractivity contribution in [1.82, 2.24) is 5.32 Å². The highest BCUT2D eigenvalue weighted by molar-refractivity contribution is 5.23. The van der Waals surface area contributed by atoms with Gasteiger partial charge in [-0.1, -0.05) is 18.2 Å². The molecule has 0 aliphatic carbocycles. The highest BCUT2D eigenvalue weighted by Gasteiger charge is 2.57. The number of halogens is 3. The fourth-order valence-electron chi connectivity index (χ4n) is 1.98. The molecule has 0 aromatic heterocycles. The average Bonchev–Trinajstić information content (AvgIpc) is 2.30. The molecule has 5 heteroatoms. The smallest absolute Gasteiger partial charge is 0.429 e. The fraction of sp³-hybridized carbons (Fsp3) is 0.500. The summed E-state index contributed by atoms with van der Waals surface area (Å²) < 4.78 is 44.6. The van der Waals surface area contributed by atoms with Crippen molar-refractivity contribution >= 4 is 0 Å². The molecule has 1 aliphatic rings. The van der Waals surface area contributed by atoms with Crippen molar-refractivity contribution in [3.63, 3.8) is 0 Å². The minimum Gasteiger partial charge on any atom is -0.476 e. The molecule has 0 bridgehead atoms. The molecule has 1 unspecified atom stereocenters. The molecule has 0 spiro atoms. The van der Waals surface area contributed by atoms with E-state index in [9.17, 15) is 13.2 Å². The molecule has 1 aromatic carbocycles. The predicted octanol–water partition coefficient (Wildman–Crippen LogP) is 2.75. The standard InChI is InChI=1S/C12H14F3NO/c13-12(14,15)11(7-4-8-16-9-11)17-10-5-2-1-3-6-10/h1-3,5-6,16H,4,7-9H2. The predicted molar refractivity (Wildman–Crippen MR) is 58.0 cm³/mol. The number of hydrogen-bond acceptors (Lipinski definition) is 2. The van der Waals surface area contributed by atoms with Crippen molar-refractivity contribution in [1.29, 1.82) is 0 Å². The number of rotatable bonds is 2. The van der Waals surface area contributed by atoms with Gasteiger partial charge in [0.15, 0.2) is 0 Å². The Bertz CT molecular complexity index is 358. The summed E-state index contributed by atoms with van der Waals surface area (Å²) in [5.74, 6) is 0.258. The van der Waals surface area contributed by atoms with Gasteiger partial charge in [0.25, 0.3) is 0 Å². The van der Waals surface area contributed by atoms with Gasteiger partial charge in [-0.15, -0.1) is 0 Å². The Morgan fingerprint density at radius 2 is 1.88 bits per heavy atom. The first-order valence-electron chi connectivity index (χ1n) is 5.55. The van der Waals surface area contributed by atoms with Crippen LogP contribution in [0.1, 0.15) is 12.8 Å². The lowest BCUT2D eigenvalue weighted by atomic mass is 9.93. The first-order chi connectivity index (χ1) is 8.04. The summed E-state index contributed by atoms with van der Waals surface area (Å²) in [6, 6.07) is 8.15. The number of alkyl halides is 3. The lowest BCUT2D eigenvalue weighted by Gasteiger charge is -2.39. The lowest BCUT2D eigenvalue weighted by Crippen LogP contribution is -2.59. The zero-order chi connectivity index (χ0) is 12.4. The Balaban J connectivity index is 2.22.